The molecule has 0 saturated carbocycles. The van der Waals surface area contributed by atoms with Gasteiger partial charge in [0.2, 0.25) is 5.91 Å². The summed E-state index contributed by atoms with van der Waals surface area (Å²) in [5.41, 5.74) is 1.33. The highest BCUT2D eigenvalue weighted by molar-refractivity contribution is 6.33. The minimum absolute atomic E-state index is 0.500. The molecule has 0 radical (unpaired) electrons. The molecular weight excluding hydrogens is 256 g/mol. The Morgan fingerprint density at radius 3 is 2.50 bits per heavy atom. The molecule has 18 heavy (non-hydrogen) atoms. The van der Waals surface area contributed by atoms with Crippen molar-refractivity contribution >= 4 is 34.9 Å². The summed E-state index contributed by atoms with van der Waals surface area (Å²) in [7, 11) is 3.71. The number of nitrogens with zero attached hydrogens (tertiary/aromatic N) is 1. The molecule has 0 aromatic heterocycles. The number of rotatable bonds is 4. The number of nitrogens with one attached hydrogen (secondary N) is 1. The van der Waals surface area contributed by atoms with Crippen LogP contribution in [-0.4, -0.2) is 31.1 Å². The largest absolute Gasteiger partial charge is 0.478 e. The number of amides is 1. The minimum atomic E-state index is -1.17. The van der Waals surface area contributed by atoms with Crippen LogP contribution in [0.25, 0.3) is 0 Å². The third-order valence-electron chi connectivity index (χ3n) is 2.07. The van der Waals surface area contributed by atoms with E-state index in [4.69, 9.17) is 16.7 Å². The number of hydrogen-bond acceptors (Lipinski definition) is 3. The molecule has 1 aromatic carbocycles. The summed E-state index contributed by atoms with van der Waals surface area (Å²) in [5, 5.41) is 11.4. The monoisotopic (exact) mass is 268 g/mol. The second-order valence-corrected chi connectivity index (χ2v) is 4.13. The molecule has 1 rings (SSSR count). The Labute approximate surface area is 110 Å². The zero-order chi connectivity index (χ0) is 13.7. The Morgan fingerprint density at radius 2 is 2.00 bits per heavy atom. The van der Waals surface area contributed by atoms with Crippen molar-refractivity contribution in [3.8, 4) is 0 Å². The SMILES string of the molecule is CN(C)c1ccc(NC(=O)/C=C/C(=O)O)cc1Cl. The molecule has 0 aliphatic carbocycles. The molecule has 1 amide bonds. The van der Waals surface area contributed by atoms with Crippen LogP contribution in [0.5, 0.6) is 0 Å². The van der Waals surface area contributed by atoms with E-state index in [1.165, 1.54) is 0 Å². The molecule has 0 saturated heterocycles. The molecule has 1 aromatic rings. The van der Waals surface area contributed by atoms with Crippen LogP contribution in [0.4, 0.5) is 11.4 Å². The van der Waals surface area contributed by atoms with Crippen molar-refractivity contribution in [1.29, 1.82) is 0 Å². The van der Waals surface area contributed by atoms with E-state index in [0.717, 1.165) is 17.8 Å². The van der Waals surface area contributed by atoms with E-state index in [2.05, 4.69) is 5.32 Å². The van der Waals surface area contributed by atoms with Crippen molar-refractivity contribution in [2.75, 3.05) is 24.3 Å². The highest BCUT2D eigenvalue weighted by Crippen LogP contribution is 2.27. The van der Waals surface area contributed by atoms with Gasteiger partial charge in [-0.15, -0.1) is 0 Å². The Kier molecular flexibility index (Phi) is 4.74. The second kappa shape index (κ2) is 6.07. The summed E-state index contributed by atoms with van der Waals surface area (Å²) in [6.45, 7) is 0. The topological polar surface area (TPSA) is 69.6 Å². The van der Waals surface area contributed by atoms with Crippen LogP contribution in [0.2, 0.25) is 5.02 Å². The van der Waals surface area contributed by atoms with Gasteiger partial charge in [0.15, 0.2) is 0 Å². The van der Waals surface area contributed by atoms with Gasteiger partial charge in [-0.05, 0) is 18.2 Å². The summed E-state index contributed by atoms with van der Waals surface area (Å²) < 4.78 is 0. The van der Waals surface area contributed by atoms with Gasteiger partial charge >= 0.3 is 5.97 Å². The summed E-state index contributed by atoms with van der Waals surface area (Å²) in [5.74, 6) is -1.70. The lowest BCUT2D eigenvalue weighted by atomic mass is 10.2. The molecule has 5 nitrogen and oxygen atoms in total. The molecule has 0 aliphatic heterocycles. The van der Waals surface area contributed by atoms with Crippen LogP contribution in [0.1, 0.15) is 0 Å². The molecule has 2 N–H and O–H groups in total. The third-order valence-corrected chi connectivity index (χ3v) is 2.38. The van der Waals surface area contributed by atoms with Crippen molar-refractivity contribution in [3.63, 3.8) is 0 Å². The van der Waals surface area contributed by atoms with Gasteiger partial charge in [0, 0.05) is 31.9 Å². The van der Waals surface area contributed by atoms with Crippen LogP contribution in [-0.2, 0) is 9.59 Å². The number of carboxylic acid groups (broad SMARTS) is 1. The molecule has 96 valence electrons. The van der Waals surface area contributed by atoms with Crippen molar-refractivity contribution in [2.45, 2.75) is 0 Å². The van der Waals surface area contributed by atoms with Crippen molar-refractivity contribution in [1.82, 2.24) is 0 Å². The lowest BCUT2D eigenvalue weighted by Gasteiger charge is -2.15. The Balaban J connectivity index is 2.78. The van der Waals surface area contributed by atoms with Gasteiger partial charge in [-0.25, -0.2) is 4.79 Å². The first kappa shape index (κ1) is 14.1. The fourth-order valence-corrected chi connectivity index (χ4v) is 1.63. The van der Waals surface area contributed by atoms with Crippen molar-refractivity contribution in [3.05, 3.63) is 35.4 Å². The molecule has 0 heterocycles. The molecule has 6 heteroatoms. The molecule has 0 unspecified atom stereocenters. The number of benzene rings is 1. The first-order chi connectivity index (χ1) is 8.40. The minimum Gasteiger partial charge on any atom is -0.478 e. The quantitative estimate of drug-likeness (QED) is 0.820. The molecule has 0 bridgehead atoms. The molecular formula is C12H13ClN2O3. The summed E-state index contributed by atoms with van der Waals surface area (Å²) >= 11 is 6.03. The lowest BCUT2D eigenvalue weighted by molar-refractivity contribution is -0.131. The van der Waals surface area contributed by atoms with Gasteiger partial charge in [0.1, 0.15) is 0 Å². The number of halogens is 1. The number of hydrogen-bond donors (Lipinski definition) is 2. The average molecular weight is 269 g/mol. The Bertz CT molecular complexity index is 498. The number of carbonyl (C=O) groups excluding carboxylic acids is 1. The van der Waals surface area contributed by atoms with Crippen LogP contribution >= 0.6 is 11.6 Å². The van der Waals surface area contributed by atoms with E-state index in [0.29, 0.717) is 10.7 Å². The first-order valence-corrected chi connectivity index (χ1v) is 5.47. The van der Waals surface area contributed by atoms with Crippen molar-refractivity contribution < 1.29 is 14.7 Å². The van der Waals surface area contributed by atoms with Crippen LogP contribution in [0.3, 0.4) is 0 Å². The fourth-order valence-electron chi connectivity index (χ4n) is 1.28. The number of anilines is 2. The van der Waals surface area contributed by atoms with Gasteiger partial charge in [0.05, 0.1) is 10.7 Å². The maximum absolute atomic E-state index is 11.3. The lowest BCUT2D eigenvalue weighted by Crippen LogP contribution is -2.11. The first-order valence-electron chi connectivity index (χ1n) is 5.09. The molecule has 0 aliphatic rings. The summed E-state index contributed by atoms with van der Waals surface area (Å²) in [4.78, 5) is 23.4. The summed E-state index contributed by atoms with van der Waals surface area (Å²) in [6.07, 6.45) is 1.71. The van der Waals surface area contributed by atoms with Crippen LogP contribution in [0.15, 0.2) is 30.4 Å². The number of carbonyl (C=O) groups is 2. The van der Waals surface area contributed by atoms with E-state index in [1.54, 1.807) is 18.2 Å². The van der Waals surface area contributed by atoms with Gasteiger partial charge < -0.3 is 15.3 Å². The second-order valence-electron chi connectivity index (χ2n) is 3.72. The molecule has 0 atom stereocenters. The van der Waals surface area contributed by atoms with Gasteiger partial charge in [-0.3, -0.25) is 4.79 Å². The van der Waals surface area contributed by atoms with E-state index in [-0.39, 0.29) is 0 Å². The zero-order valence-electron chi connectivity index (χ0n) is 9.98. The highest BCUT2D eigenvalue weighted by atomic mass is 35.5. The number of carboxylic acids is 1. The van der Waals surface area contributed by atoms with E-state index in [9.17, 15) is 9.59 Å². The predicted octanol–water partition coefficient (Wildman–Crippen LogP) is 1.99. The predicted molar refractivity (Wildman–Crippen MR) is 71.2 cm³/mol. The van der Waals surface area contributed by atoms with E-state index >= 15 is 0 Å². The maximum Gasteiger partial charge on any atom is 0.328 e. The number of aliphatic carboxylic acids is 1. The normalized spacial score (nSPS) is 10.4. The highest BCUT2D eigenvalue weighted by Gasteiger charge is 2.05. The van der Waals surface area contributed by atoms with E-state index in [1.807, 2.05) is 19.0 Å². The van der Waals surface area contributed by atoms with Crippen LogP contribution < -0.4 is 10.2 Å². The van der Waals surface area contributed by atoms with Crippen LogP contribution in [0, 0.1) is 0 Å². The molecule has 0 spiro atoms. The van der Waals surface area contributed by atoms with Gasteiger partial charge in [0.25, 0.3) is 0 Å². The Hall–Kier alpha value is -2.01. The average Bonchev–Trinajstić information content (AvgIpc) is 2.26. The maximum atomic E-state index is 11.3. The smallest absolute Gasteiger partial charge is 0.328 e. The fraction of sp³-hybridized carbons (Fsp3) is 0.167. The standard InChI is InChI=1S/C12H13ClN2O3/c1-15(2)10-4-3-8(7-9(10)13)14-11(16)5-6-12(17)18/h3-7H,1-2H3,(H,14,16)(H,17,18)/b6-5+. The summed E-state index contributed by atoms with van der Waals surface area (Å²) in [6, 6.07) is 5.05. The van der Waals surface area contributed by atoms with E-state index < -0.39 is 11.9 Å². The zero-order valence-corrected chi connectivity index (χ0v) is 10.7. The van der Waals surface area contributed by atoms with Gasteiger partial charge in [-0.2, -0.15) is 0 Å². The Morgan fingerprint density at radius 1 is 1.33 bits per heavy atom. The molecule has 0 fully saturated rings. The van der Waals surface area contributed by atoms with Gasteiger partial charge in [-0.1, -0.05) is 11.6 Å². The third kappa shape index (κ3) is 4.10. The van der Waals surface area contributed by atoms with Crippen molar-refractivity contribution in [2.24, 2.45) is 0 Å².